The number of hydrogen-bond acceptors (Lipinski definition) is 2. The Balaban J connectivity index is 0.000000142. The molecule has 1 aromatic heterocycles. The lowest BCUT2D eigenvalue weighted by Crippen LogP contribution is -2.32. The summed E-state index contributed by atoms with van der Waals surface area (Å²) < 4.78 is 0. The first-order valence-corrected chi connectivity index (χ1v) is 7.13. The highest BCUT2D eigenvalue weighted by atomic mass is 16.4. The Morgan fingerprint density at radius 1 is 1.00 bits per heavy atom. The Hall–Kier alpha value is -2.82. The van der Waals surface area contributed by atoms with Crippen LogP contribution in [0.1, 0.15) is 12.8 Å². The minimum absolute atomic E-state index is 0.164. The number of benzene rings is 2. The number of H-pyrrole nitrogens is 1. The van der Waals surface area contributed by atoms with Crippen molar-refractivity contribution in [1.29, 1.82) is 0 Å². The number of nitrogens with one attached hydrogen (secondary N) is 2. The zero-order chi connectivity index (χ0) is 15.5. The summed E-state index contributed by atoms with van der Waals surface area (Å²) in [5, 5.41) is 13.2. The van der Waals surface area contributed by atoms with Gasteiger partial charge in [-0.3, -0.25) is 4.79 Å². The summed E-state index contributed by atoms with van der Waals surface area (Å²) >= 11 is 0. The summed E-state index contributed by atoms with van der Waals surface area (Å²) in [6.45, 7) is 0. The normalized spacial score (nSPS) is 17.1. The van der Waals surface area contributed by atoms with E-state index in [9.17, 15) is 9.59 Å². The van der Waals surface area contributed by atoms with Crippen LogP contribution in [0.3, 0.4) is 0 Å². The smallest absolute Gasteiger partial charge is 0.326 e. The molecule has 1 amide bonds. The van der Waals surface area contributed by atoms with Crippen LogP contribution in [-0.2, 0) is 9.59 Å². The van der Waals surface area contributed by atoms with Crippen molar-refractivity contribution in [2.45, 2.75) is 18.9 Å². The van der Waals surface area contributed by atoms with Crippen molar-refractivity contribution in [3.63, 3.8) is 0 Å². The molecular formula is C17H16N2O3. The van der Waals surface area contributed by atoms with Crippen molar-refractivity contribution in [1.82, 2.24) is 10.3 Å². The van der Waals surface area contributed by atoms with Crippen LogP contribution < -0.4 is 5.32 Å². The second-order valence-electron chi connectivity index (χ2n) is 5.21. The highest BCUT2D eigenvalue weighted by Crippen LogP contribution is 2.24. The van der Waals surface area contributed by atoms with Gasteiger partial charge in [-0.25, -0.2) is 4.79 Å². The number of carboxylic acids is 1. The summed E-state index contributed by atoms with van der Waals surface area (Å²) in [6, 6.07) is 16.1. The van der Waals surface area contributed by atoms with Crippen LogP contribution in [0.25, 0.3) is 21.8 Å². The van der Waals surface area contributed by atoms with Crippen molar-refractivity contribution < 1.29 is 14.7 Å². The molecule has 0 bridgehead atoms. The van der Waals surface area contributed by atoms with Crippen LogP contribution in [-0.4, -0.2) is 28.0 Å². The highest BCUT2D eigenvalue weighted by molar-refractivity contribution is 6.06. The van der Waals surface area contributed by atoms with Crippen molar-refractivity contribution >= 4 is 33.7 Å². The molecule has 1 aliphatic rings. The number of fused-ring (bicyclic) bond motifs is 3. The van der Waals surface area contributed by atoms with Gasteiger partial charge in [0.15, 0.2) is 0 Å². The zero-order valence-corrected chi connectivity index (χ0v) is 11.9. The Kier molecular flexibility index (Phi) is 3.78. The van der Waals surface area contributed by atoms with Crippen LogP contribution in [0.5, 0.6) is 0 Å². The molecule has 1 aliphatic heterocycles. The third-order valence-electron chi connectivity index (χ3n) is 3.71. The molecule has 0 unspecified atom stereocenters. The maximum Gasteiger partial charge on any atom is 0.326 e. The molecule has 5 nitrogen and oxygen atoms in total. The maximum atomic E-state index is 10.4. The monoisotopic (exact) mass is 296 g/mol. The lowest BCUT2D eigenvalue weighted by atomic mass is 10.2. The number of carbonyl (C=O) groups excluding carboxylic acids is 1. The Morgan fingerprint density at radius 3 is 1.95 bits per heavy atom. The molecule has 0 radical (unpaired) electrons. The predicted molar refractivity (Wildman–Crippen MR) is 84.6 cm³/mol. The van der Waals surface area contributed by atoms with Crippen LogP contribution in [0.4, 0.5) is 0 Å². The summed E-state index contributed by atoms with van der Waals surface area (Å²) in [5.41, 5.74) is 2.42. The highest BCUT2D eigenvalue weighted by Gasteiger charge is 2.26. The quantitative estimate of drug-likeness (QED) is 0.645. The molecule has 4 rings (SSSR count). The summed E-state index contributed by atoms with van der Waals surface area (Å²) in [4.78, 5) is 23.9. The van der Waals surface area contributed by atoms with Crippen LogP contribution >= 0.6 is 0 Å². The van der Waals surface area contributed by atoms with Crippen molar-refractivity contribution in [2.24, 2.45) is 0 Å². The number of rotatable bonds is 1. The number of aliphatic carboxylic acids is 1. The van der Waals surface area contributed by atoms with Gasteiger partial charge >= 0.3 is 5.97 Å². The molecule has 0 aliphatic carbocycles. The zero-order valence-electron chi connectivity index (χ0n) is 11.9. The van der Waals surface area contributed by atoms with E-state index in [0.29, 0.717) is 12.8 Å². The number of carbonyl (C=O) groups is 2. The van der Waals surface area contributed by atoms with Gasteiger partial charge in [-0.15, -0.1) is 0 Å². The first kappa shape index (κ1) is 14.1. The minimum Gasteiger partial charge on any atom is -0.480 e. The van der Waals surface area contributed by atoms with Crippen molar-refractivity contribution in [3.8, 4) is 0 Å². The lowest BCUT2D eigenvalue weighted by molar-refractivity contribution is -0.140. The van der Waals surface area contributed by atoms with E-state index in [0.717, 1.165) is 0 Å². The molecule has 3 aromatic rings. The van der Waals surface area contributed by atoms with Crippen molar-refractivity contribution in [3.05, 3.63) is 48.5 Å². The molecule has 5 heteroatoms. The molecule has 1 fully saturated rings. The van der Waals surface area contributed by atoms with Gasteiger partial charge in [-0.2, -0.15) is 0 Å². The molecule has 1 saturated heterocycles. The first-order chi connectivity index (χ1) is 10.6. The van der Waals surface area contributed by atoms with Crippen LogP contribution in [0.15, 0.2) is 48.5 Å². The third kappa shape index (κ3) is 2.79. The first-order valence-electron chi connectivity index (χ1n) is 7.13. The Labute approximate surface area is 126 Å². The predicted octanol–water partition coefficient (Wildman–Crippen LogP) is 2.67. The van der Waals surface area contributed by atoms with Crippen molar-refractivity contribution in [2.75, 3.05) is 0 Å². The van der Waals surface area contributed by atoms with Crippen LogP contribution in [0, 0.1) is 0 Å². The number of amides is 1. The molecule has 0 spiro atoms. The molecule has 2 heterocycles. The Morgan fingerprint density at radius 2 is 1.55 bits per heavy atom. The van der Waals surface area contributed by atoms with Gasteiger partial charge in [0.25, 0.3) is 0 Å². The summed E-state index contributed by atoms with van der Waals surface area (Å²) in [5.74, 6) is -1.11. The summed E-state index contributed by atoms with van der Waals surface area (Å²) in [6.07, 6.45) is 0.769. The second kappa shape index (κ2) is 5.89. The largest absolute Gasteiger partial charge is 0.480 e. The van der Waals surface area contributed by atoms with Gasteiger partial charge < -0.3 is 15.4 Å². The number of aromatic nitrogens is 1. The van der Waals surface area contributed by atoms with Gasteiger partial charge in [-0.05, 0) is 18.6 Å². The molecule has 112 valence electrons. The fourth-order valence-corrected chi connectivity index (χ4v) is 2.60. The van der Waals surface area contributed by atoms with E-state index in [1.807, 2.05) is 0 Å². The molecule has 1 atom stereocenters. The average Bonchev–Trinajstić information content (AvgIpc) is 3.11. The molecule has 22 heavy (non-hydrogen) atoms. The topological polar surface area (TPSA) is 82.2 Å². The fourth-order valence-electron chi connectivity index (χ4n) is 2.60. The fraction of sp³-hybridized carbons (Fsp3) is 0.176. The number of aromatic amines is 1. The second-order valence-corrected chi connectivity index (χ2v) is 5.21. The molecule has 2 aromatic carbocycles. The standard InChI is InChI=1S/C12H9N.C5H7NO3/c1-3-7-11-9(5-1)10-6-2-4-8-12(10)13-11;7-4-2-1-3(6-4)5(8)9/h1-8,13H;3H,1-2H2,(H,6,7)(H,8,9)/t;3-/m.1/s1. The maximum absolute atomic E-state index is 10.4. The molecule has 0 saturated carbocycles. The van der Waals surface area contributed by atoms with Crippen LogP contribution in [0.2, 0.25) is 0 Å². The van der Waals surface area contributed by atoms with E-state index in [1.165, 1.54) is 21.8 Å². The SMILES string of the molecule is O=C1CC[C@H](C(=O)O)N1.c1ccc2c(c1)[nH]c1ccccc12. The average molecular weight is 296 g/mol. The van der Waals surface area contributed by atoms with E-state index in [2.05, 4.69) is 58.8 Å². The van der Waals surface area contributed by atoms with E-state index in [1.54, 1.807) is 0 Å². The summed E-state index contributed by atoms with van der Waals surface area (Å²) in [7, 11) is 0. The lowest BCUT2D eigenvalue weighted by Gasteiger charge is -1.99. The van der Waals surface area contributed by atoms with E-state index >= 15 is 0 Å². The minimum atomic E-state index is -0.944. The van der Waals surface area contributed by atoms with E-state index in [-0.39, 0.29) is 5.91 Å². The third-order valence-corrected chi connectivity index (χ3v) is 3.71. The van der Waals surface area contributed by atoms with Gasteiger partial charge in [0.1, 0.15) is 6.04 Å². The van der Waals surface area contributed by atoms with Gasteiger partial charge in [-0.1, -0.05) is 36.4 Å². The van der Waals surface area contributed by atoms with Gasteiger partial charge in [0.2, 0.25) is 5.91 Å². The van der Waals surface area contributed by atoms with E-state index < -0.39 is 12.0 Å². The van der Waals surface area contributed by atoms with E-state index in [4.69, 9.17) is 5.11 Å². The van der Waals surface area contributed by atoms with Gasteiger partial charge in [0.05, 0.1) is 0 Å². The molecular weight excluding hydrogens is 280 g/mol. The Bertz CT molecular complexity index is 788. The number of carboxylic acid groups (broad SMARTS) is 1. The van der Waals surface area contributed by atoms with Gasteiger partial charge in [0, 0.05) is 28.2 Å². The number of hydrogen-bond donors (Lipinski definition) is 3. The molecule has 3 N–H and O–H groups in total. The number of para-hydroxylation sites is 2.